The van der Waals surface area contributed by atoms with Gasteiger partial charge in [-0.1, -0.05) is 12.1 Å². The van der Waals surface area contributed by atoms with E-state index in [0.717, 1.165) is 0 Å². The van der Waals surface area contributed by atoms with Crippen molar-refractivity contribution in [3.8, 4) is 11.5 Å². The number of nitrogens with zero attached hydrogens (tertiary/aromatic N) is 3. The fourth-order valence-electron chi connectivity index (χ4n) is 3.68. The van der Waals surface area contributed by atoms with Gasteiger partial charge in [-0.2, -0.15) is 0 Å². The average Bonchev–Trinajstić information content (AvgIpc) is 2.85. The van der Waals surface area contributed by atoms with Gasteiger partial charge in [-0.15, -0.1) is 0 Å². The molecule has 1 saturated heterocycles. The Hall–Kier alpha value is -2.93. The molecule has 2 aliphatic rings. The van der Waals surface area contributed by atoms with Crippen LogP contribution in [-0.2, 0) is 4.79 Å². The third kappa shape index (κ3) is 3.96. The zero-order chi connectivity index (χ0) is 20.6. The monoisotopic (exact) mass is 397 g/mol. The van der Waals surface area contributed by atoms with Gasteiger partial charge in [-0.05, 0) is 44.2 Å². The number of rotatable bonds is 3. The smallest absolute Gasteiger partial charge is 0.310 e. The number of carbonyl (C=O) groups is 1. The molecule has 2 aromatic carbocycles. The Balaban J connectivity index is 1.60. The van der Waals surface area contributed by atoms with E-state index in [0.29, 0.717) is 61.3 Å². The number of aliphatic carboxylic acids is 1. The number of ether oxygens (including phenoxy) is 1. The molecule has 1 N–H and O–H groups in total. The summed E-state index contributed by atoms with van der Waals surface area (Å²) < 4.78 is 20.0. The number of carboxylic acids is 1. The number of benzene rings is 2. The van der Waals surface area contributed by atoms with Gasteiger partial charge in [0.05, 0.1) is 11.0 Å². The van der Waals surface area contributed by atoms with Gasteiger partial charge in [0, 0.05) is 32.7 Å². The number of para-hydroxylation sites is 2. The fraction of sp³-hybridized carbons (Fsp3) is 0.364. The molecule has 4 rings (SSSR count). The molecule has 1 fully saturated rings. The van der Waals surface area contributed by atoms with E-state index in [9.17, 15) is 14.3 Å². The molecule has 0 unspecified atom stereocenters. The lowest BCUT2D eigenvalue weighted by Gasteiger charge is -2.38. The SMILES string of the molecule is CC(C)(CN1CCN(C2=Nc3ccccc3Oc3ccc(F)cc32)CC1)C(=O)O. The zero-order valence-electron chi connectivity index (χ0n) is 16.6. The highest BCUT2D eigenvalue weighted by atomic mass is 19.1. The molecule has 2 aromatic rings. The van der Waals surface area contributed by atoms with Gasteiger partial charge in [-0.3, -0.25) is 9.69 Å². The van der Waals surface area contributed by atoms with Gasteiger partial charge < -0.3 is 14.7 Å². The van der Waals surface area contributed by atoms with Crippen molar-refractivity contribution in [2.75, 3.05) is 32.7 Å². The molecule has 0 atom stereocenters. The highest BCUT2D eigenvalue weighted by molar-refractivity contribution is 6.03. The number of aliphatic imine (C=N–C) groups is 1. The molecule has 0 spiro atoms. The van der Waals surface area contributed by atoms with E-state index in [2.05, 4.69) is 9.80 Å². The van der Waals surface area contributed by atoms with E-state index in [-0.39, 0.29) is 5.82 Å². The number of piperazine rings is 1. The van der Waals surface area contributed by atoms with Crippen LogP contribution in [0.25, 0.3) is 0 Å². The Morgan fingerprint density at radius 3 is 2.59 bits per heavy atom. The van der Waals surface area contributed by atoms with Crippen molar-refractivity contribution in [2.24, 2.45) is 10.4 Å². The van der Waals surface area contributed by atoms with Crippen molar-refractivity contribution < 1.29 is 19.0 Å². The second kappa shape index (κ2) is 7.48. The maximum atomic E-state index is 14.0. The summed E-state index contributed by atoms with van der Waals surface area (Å²) in [6, 6.07) is 12.0. The summed E-state index contributed by atoms with van der Waals surface area (Å²) in [6.07, 6.45) is 0. The van der Waals surface area contributed by atoms with Crippen molar-refractivity contribution in [2.45, 2.75) is 13.8 Å². The fourth-order valence-corrected chi connectivity index (χ4v) is 3.68. The summed E-state index contributed by atoms with van der Waals surface area (Å²) in [7, 11) is 0. The van der Waals surface area contributed by atoms with Crippen LogP contribution in [0.3, 0.4) is 0 Å². The quantitative estimate of drug-likeness (QED) is 0.855. The van der Waals surface area contributed by atoms with Crippen LogP contribution in [0, 0.1) is 11.2 Å². The molecule has 0 aromatic heterocycles. The number of halogens is 1. The summed E-state index contributed by atoms with van der Waals surface area (Å²) in [5.74, 6) is 0.752. The number of fused-ring (bicyclic) bond motifs is 2. The predicted octanol–water partition coefficient (Wildman–Crippen LogP) is 3.74. The van der Waals surface area contributed by atoms with E-state index in [1.807, 2.05) is 24.3 Å². The van der Waals surface area contributed by atoms with Crippen LogP contribution in [-0.4, -0.2) is 59.4 Å². The Morgan fingerprint density at radius 2 is 1.86 bits per heavy atom. The Morgan fingerprint density at radius 1 is 1.14 bits per heavy atom. The first-order valence-electron chi connectivity index (χ1n) is 9.70. The van der Waals surface area contributed by atoms with Crippen LogP contribution in [0.2, 0.25) is 0 Å². The lowest BCUT2D eigenvalue weighted by molar-refractivity contribution is -0.148. The minimum absolute atomic E-state index is 0.340. The molecular weight excluding hydrogens is 373 g/mol. The van der Waals surface area contributed by atoms with E-state index >= 15 is 0 Å². The van der Waals surface area contributed by atoms with E-state index in [1.54, 1.807) is 19.9 Å². The van der Waals surface area contributed by atoms with Crippen molar-refractivity contribution in [1.29, 1.82) is 0 Å². The summed E-state index contributed by atoms with van der Waals surface area (Å²) in [4.78, 5) is 20.5. The summed E-state index contributed by atoms with van der Waals surface area (Å²) in [5, 5.41) is 9.38. The van der Waals surface area contributed by atoms with Gasteiger partial charge in [-0.25, -0.2) is 9.38 Å². The molecule has 7 heteroatoms. The predicted molar refractivity (Wildman–Crippen MR) is 109 cm³/mol. The number of amidine groups is 1. The van der Waals surface area contributed by atoms with Crippen LogP contribution in [0.5, 0.6) is 11.5 Å². The first-order chi connectivity index (χ1) is 13.8. The van der Waals surface area contributed by atoms with Crippen molar-refractivity contribution in [3.63, 3.8) is 0 Å². The Kier molecular flexibility index (Phi) is 5.00. The summed E-state index contributed by atoms with van der Waals surface area (Å²) in [6.45, 7) is 6.74. The van der Waals surface area contributed by atoms with Gasteiger partial charge in [0.2, 0.25) is 0 Å². The van der Waals surface area contributed by atoms with Crippen LogP contribution >= 0.6 is 0 Å². The maximum Gasteiger partial charge on any atom is 0.310 e. The van der Waals surface area contributed by atoms with Crippen LogP contribution in [0.15, 0.2) is 47.5 Å². The lowest BCUT2D eigenvalue weighted by atomic mass is 9.93. The second-order valence-electron chi connectivity index (χ2n) is 8.10. The van der Waals surface area contributed by atoms with Crippen LogP contribution in [0.1, 0.15) is 19.4 Å². The standard InChI is InChI=1S/C22H24FN3O3/c1-22(2,21(27)28)14-25-9-11-26(12-10-25)20-16-13-15(23)7-8-18(16)29-19-6-4-3-5-17(19)24-20/h3-8,13H,9-12,14H2,1-2H3,(H,27,28). The minimum atomic E-state index is -0.801. The summed E-state index contributed by atoms with van der Waals surface area (Å²) >= 11 is 0. The van der Waals surface area contributed by atoms with E-state index in [4.69, 9.17) is 9.73 Å². The molecule has 152 valence electrons. The molecule has 6 nitrogen and oxygen atoms in total. The van der Waals surface area contributed by atoms with Crippen LogP contribution < -0.4 is 4.74 Å². The van der Waals surface area contributed by atoms with Gasteiger partial charge in [0.1, 0.15) is 23.1 Å². The second-order valence-corrected chi connectivity index (χ2v) is 8.10. The first kappa shape index (κ1) is 19.4. The number of hydrogen-bond acceptors (Lipinski definition) is 5. The maximum absolute atomic E-state index is 14.0. The lowest BCUT2D eigenvalue weighted by Crippen LogP contribution is -2.52. The molecule has 2 heterocycles. The third-order valence-corrected chi connectivity index (χ3v) is 5.36. The number of hydrogen-bond donors (Lipinski definition) is 1. The van der Waals surface area contributed by atoms with Gasteiger partial charge in [0.25, 0.3) is 0 Å². The molecule has 0 saturated carbocycles. The van der Waals surface area contributed by atoms with Gasteiger partial charge >= 0.3 is 5.97 Å². The molecule has 0 aliphatic carbocycles. The topological polar surface area (TPSA) is 65.4 Å². The normalized spacial score (nSPS) is 16.9. The number of carboxylic acid groups (broad SMARTS) is 1. The van der Waals surface area contributed by atoms with Crippen LogP contribution in [0.4, 0.5) is 10.1 Å². The Bertz CT molecular complexity index is 966. The molecular formula is C22H24FN3O3. The third-order valence-electron chi connectivity index (χ3n) is 5.36. The first-order valence-corrected chi connectivity index (χ1v) is 9.70. The highest BCUT2D eigenvalue weighted by Crippen LogP contribution is 2.38. The molecule has 0 bridgehead atoms. The molecule has 29 heavy (non-hydrogen) atoms. The van der Waals surface area contributed by atoms with Gasteiger partial charge in [0.15, 0.2) is 5.75 Å². The highest BCUT2D eigenvalue weighted by Gasteiger charge is 2.32. The summed E-state index contributed by atoms with van der Waals surface area (Å²) in [5.41, 5.74) is 0.527. The largest absolute Gasteiger partial charge is 0.481 e. The molecule has 0 amide bonds. The molecule has 2 aliphatic heterocycles. The van der Waals surface area contributed by atoms with Crippen molar-refractivity contribution in [1.82, 2.24) is 9.80 Å². The van der Waals surface area contributed by atoms with Crippen molar-refractivity contribution in [3.05, 3.63) is 53.8 Å². The Labute approximate surface area is 169 Å². The van der Waals surface area contributed by atoms with E-state index < -0.39 is 11.4 Å². The van der Waals surface area contributed by atoms with Crippen molar-refractivity contribution >= 4 is 17.5 Å². The molecule has 0 radical (unpaired) electrons. The minimum Gasteiger partial charge on any atom is -0.481 e. The zero-order valence-corrected chi connectivity index (χ0v) is 16.6. The van der Waals surface area contributed by atoms with E-state index in [1.165, 1.54) is 12.1 Å². The average molecular weight is 397 g/mol.